The van der Waals surface area contributed by atoms with E-state index >= 15 is 0 Å². The summed E-state index contributed by atoms with van der Waals surface area (Å²) in [5.74, 6) is 0. The van der Waals surface area contributed by atoms with Gasteiger partial charge in [-0.05, 0) is 32.1 Å². The molecule has 0 aliphatic carbocycles. The van der Waals surface area contributed by atoms with Crippen LogP contribution in [0.2, 0.25) is 0 Å². The van der Waals surface area contributed by atoms with Crippen LogP contribution in [0.5, 0.6) is 0 Å². The van der Waals surface area contributed by atoms with Crippen LogP contribution in [0.4, 0.5) is 0 Å². The molecule has 0 radical (unpaired) electrons. The molecule has 0 bridgehead atoms. The minimum Gasteiger partial charge on any atom is -0.360 e. The fraction of sp³-hybridized carbons (Fsp3) is 1.00. The first-order valence-corrected chi connectivity index (χ1v) is 6.68. The molecule has 1 rings (SSSR count). The van der Waals surface area contributed by atoms with Gasteiger partial charge in [0.25, 0.3) is 0 Å². The number of hydrogen-bond acceptors (Lipinski definition) is 2. The second kappa shape index (κ2) is 6.49. The quantitative estimate of drug-likeness (QED) is 0.642. The highest BCUT2D eigenvalue weighted by molar-refractivity contribution is 4.87. The number of likely N-dealkylation sites (tertiary alicyclic amines) is 1. The molecule has 15 heavy (non-hydrogen) atoms. The van der Waals surface area contributed by atoms with E-state index < -0.39 is 0 Å². The molecule has 1 atom stereocenters. The van der Waals surface area contributed by atoms with Crippen molar-refractivity contribution in [3.05, 3.63) is 0 Å². The van der Waals surface area contributed by atoms with E-state index in [0.29, 0.717) is 0 Å². The van der Waals surface area contributed by atoms with Gasteiger partial charge in [-0.3, -0.25) is 4.90 Å². The van der Waals surface area contributed by atoms with Gasteiger partial charge in [0.05, 0.1) is 0 Å². The molecule has 0 aromatic rings. The minimum absolute atomic E-state index is 0.0980. The summed E-state index contributed by atoms with van der Waals surface area (Å²) in [5, 5.41) is 0. The fourth-order valence-corrected chi connectivity index (χ4v) is 2.69. The van der Waals surface area contributed by atoms with Gasteiger partial charge in [-0.2, -0.15) is 0 Å². The van der Waals surface area contributed by atoms with Gasteiger partial charge in [0.1, 0.15) is 5.72 Å². The van der Waals surface area contributed by atoms with E-state index in [9.17, 15) is 0 Å². The Morgan fingerprint density at radius 2 is 1.93 bits per heavy atom. The molecule has 1 aliphatic rings. The maximum atomic E-state index is 6.17. The predicted octanol–water partition coefficient (Wildman–Crippen LogP) is 3.42. The highest BCUT2D eigenvalue weighted by Crippen LogP contribution is 2.34. The Hall–Kier alpha value is -0.0800. The monoisotopic (exact) mass is 213 g/mol. The van der Waals surface area contributed by atoms with Crippen molar-refractivity contribution < 1.29 is 4.74 Å². The highest BCUT2D eigenvalue weighted by Gasteiger charge is 2.40. The maximum absolute atomic E-state index is 6.17. The molecule has 90 valence electrons. The van der Waals surface area contributed by atoms with E-state index in [1.165, 1.54) is 45.2 Å². The van der Waals surface area contributed by atoms with E-state index in [2.05, 4.69) is 25.7 Å². The molecule has 1 saturated heterocycles. The zero-order valence-corrected chi connectivity index (χ0v) is 10.7. The Bertz CT molecular complexity index is 172. The summed E-state index contributed by atoms with van der Waals surface area (Å²) in [5.41, 5.74) is 0.0980. The third-order valence-corrected chi connectivity index (χ3v) is 3.28. The Labute approximate surface area is 95.0 Å². The lowest BCUT2D eigenvalue weighted by molar-refractivity contribution is -0.140. The van der Waals surface area contributed by atoms with Gasteiger partial charge in [0.2, 0.25) is 0 Å². The van der Waals surface area contributed by atoms with Crippen molar-refractivity contribution in [2.45, 2.75) is 65.0 Å². The SMILES string of the molecule is CCCOC1(CCC)CCCN1CCC. The Morgan fingerprint density at radius 1 is 1.13 bits per heavy atom. The van der Waals surface area contributed by atoms with Crippen LogP contribution in [0.15, 0.2) is 0 Å². The average Bonchev–Trinajstić information content (AvgIpc) is 2.61. The van der Waals surface area contributed by atoms with Gasteiger partial charge in [0.15, 0.2) is 0 Å². The lowest BCUT2D eigenvalue weighted by atomic mass is 10.0. The molecule has 1 aliphatic heterocycles. The van der Waals surface area contributed by atoms with Crippen LogP contribution in [0.1, 0.15) is 59.3 Å². The highest BCUT2D eigenvalue weighted by atomic mass is 16.5. The third-order valence-electron chi connectivity index (χ3n) is 3.28. The summed E-state index contributed by atoms with van der Waals surface area (Å²) in [6, 6.07) is 0. The van der Waals surface area contributed by atoms with E-state index in [1.54, 1.807) is 0 Å². The van der Waals surface area contributed by atoms with Crippen LogP contribution in [0, 0.1) is 0 Å². The van der Waals surface area contributed by atoms with E-state index in [-0.39, 0.29) is 5.72 Å². The van der Waals surface area contributed by atoms with Crippen LogP contribution >= 0.6 is 0 Å². The molecule has 2 nitrogen and oxygen atoms in total. The minimum atomic E-state index is 0.0980. The van der Waals surface area contributed by atoms with E-state index in [0.717, 1.165) is 13.0 Å². The zero-order chi connectivity index (χ0) is 11.1. The molecule has 0 aromatic heterocycles. The largest absolute Gasteiger partial charge is 0.360 e. The first-order valence-electron chi connectivity index (χ1n) is 6.68. The molecule has 0 N–H and O–H groups in total. The number of hydrogen-bond donors (Lipinski definition) is 0. The lowest BCUT2D eigenvalue weighted by Gasteiger charge is -2.38. The number of rotatable bonds is 7. The second-order valence-electron chi connectivity index (χ2n) is 4.64. The zero-order valence-electron chi connectivity index (χ0n) is 10.7. The van der Waals surface area contributed by atoms with Crippen molar-refractivity contribution in [2.24, 2.45) is 0 Å². The van der Waals surface area contributed by atoms with Gasteiger partial charge in [-0.1, -0.05) is 27.2 Å². The number of ether oxygens (including phenoxy) is 1. The summed E-state index contributed by atoms with van der Waals surface area (Å²) >= 11 is 0. The van der Waals surface area contributed by atoms with Crippen LogP contribution < -0.4 is 0 Å². The van der Waals surface area contributed by atoms with Crippen molar-refractivity contribution in [2.75, 3.05) is 19.7 Å². The second-order valence-corrected chi connectivity index (χ2v) is 4.64. The molecule has 1 heterocycles. The summed E-state index contributed by atoms with van der Waals surface area (Å²) in [6.45, 7) is 10.1. The summed E-state index contributed by atoms with van der Waals surface area (Å²) < 4.78 is 6.17. The Morgan fingerprint density at radius 3 is 2.53 bits per heavy atom. The molecule has 0 aromatic carbocycles. The first-order chi connectivity index (χ1) is 7.29. The van der Waals surface area contributed by atoms with Gasteiger partial charge < -0.3 is 4.74 Å². The molecule has 1 fully saturated rings. The van der Waals surface area contributed by atoms with Crippen molar-refractivity contribution in [3.8, 4) is 0 Å². The van der Waals surface area contributed by atoms with Crippen molar-refractivity contribution in [1.29, 1.82) is 0 Å². The molecular weight excluding hydrogens is 186 g/mol. The lowest BCUT2D eigenvalue weighted by Crippen LogP contribution is -2.46. The smallest absolute Gasteiger partial charge is 0.121 e. The predicted molar refractivity (Wildman–Crippen MR) is 65.0 cm³/mol. The van der Waals surface area contributed by atoms with Crippen LogP contribution in [0.25, 0.3) is 0 Å². The van der Waals surface area contributed by atoms with Gasteiger partial charge in [0, 0.05) is 19.7 Å². The molecule has 0 spiro atoms. The normalized spacial score (nSPS) is 27.4. The average molecular weight is 213 g/mol. The molecule has 1 unspecified atom stereocenters. The van der Waals surface area contributed by atoms with Crippen LogP contribution in [0.3, 0.4) is 0 Å². The van der Waals surface area contributed by atoms with Crippen LogP contribution in [-0.2, 0) is 4.74 Å². The Kier molecular flexibility index (Phi) is 5.62. The summed E-state index contributed by atoms with van der Waals surface area (Å²) in [4.78, 5) is 2.58. The van der Waals surface area contributed by atoms with Gasteiger partial charge in [-0.15, -0.1) is 0 Å². The van der Waals surface area contributed by atoms with Crippen molar-refractivity contribution in [1.82, 2.24) is 4.90 Å². The standard InChI is InChI=1S/C13H27NO/c1-4-8-13(15-12-6-3)9-7-11-14(13)10-5-2/h4-12H2,1-3H3. The Balaban J connectivity index is 2.59. The van der Waals surface area contributed by atoms with Gasteiger partial charge in [-0.25, -0.2) is 0 Å². The van der Waals surface area contributed by atoms with E-state index in [4.69, 9.17) is 4.74 Å². The van der Waals surface area contributed by atoms with Gasteiger partial charge >= 0.3 is 0 Å². The van der Waals surface area contributed by atoms with Crippen LogP contribution in [-0.4, -0.2) is 30.3 Å². The fourth-order valence-electron chi connectivity index (χ4n) is 2.69. The molecule has 0 amide bonds. The first kappa shape index (κ1) is 13.0. The summed E-state index contributed by atoms with van der Waals surface area (Å²) in [6.07, 6.45) is 7.34. The third kappa shape index (κ3) is 3.18. The molecular formula is C13H27NO. The molecule has 2 heteroatoms. The molecule has 0 saturated carbocycles. The maximum Gasteiger partial charge on any atom is 0.121 e. The topological polar surface area (TPSA) is 12.5 Å². The number of nitrogens with zero attached hydrogens (tertiary/aromatic N) is 1. The van der Waals surface area contributed by atoms with E-state index in [1.807, 2.05) is 0 Å². The summed E-state index contributed by atoms with van der Waals surface area (Å²) in [7, 11) is 0. The van der Waals surface area contributed by atoms with Crippen molar-refractivity contribution in [3.63, 3.8) is 0 Å². The van der Waals surface area contributed by atoms with Crippen molar-refractivity contribution >= 4 is 0 Å².